The van der Waals surface area contributed by atoms with Crippen LogP contribution in [0.4, 0.5) is 13.2 Å². The molecule has 23 heavy (non-hydrogen) atoms. The van der Waals surface area contributed by atoms with Crippen molar-refractivity contribution in [1.82, 2.24) is 20.0 Å². The maximum atomic E-state index is 12.6. The normalized spacial score (nSPS) is 13.4. The molecule has 1 aromatic rings. The molecule has 8 heteroatoms. The summed E-state index contributed by atoms with van der Waals surface area (Å²) >= 11 is 0. The topological polar surface area (TPSA) is 50.2 Å². The van der Waals surface area contributed by atoms with Crippen molar-refractivity contribution in [1.29, 1.82) is 0 Å². The van der Waals surface area contributed by atoms with Crippen molar-refractivity contribution < 1.29 is 18.0 Å². The van der Waals surface area contributed by atoms with Gasteiger partial charge in [-0.05, 0) is 26.1 Å². The summed E-state index contributed by atoms with van der Waals surface area (Å²) in [6.45, 7) is 10.6. The van der Waals surface area contributed by atoms with Gasteiger partial charge >= 0.3 is 6.18 Å². The predicted octanol–water partition coefficient (Wildman–Crippen LogP) is 2.30. The minimum absolute atomic E-state index is 0.124. The van der Waals surface area contributed by atoms with E-state index in [0.717, 1.165) is 25.7 Å². The van der Waals surface area contributed by atoms with Gasteiger partial charge < -0.3 is 10.2 Å². The van der Waals surface area contributed by atoms with Crippen LogP contribution < -0.4 is 5.32 Å². The minimum Gasteiger partial charge on any atom is -0.355 e. The number of carbonyl (C=O) groups is 1. The van der Waals surface area contributed by atoms with Gasteiger partial charge in [0.1, 0.15) is 0 Å². The van der Waals surface area contributed by atoms with Crippen LogP contribution in [-0.2, 0) is 17.5 Å². The van der Waals surface area contributed by atoms with Crippen molar-refractivity contribution in [2.75, 3.05) is 26.2 Å². The number of likely N-dealkylation sites (N-methyl/N-ethyl adjacent to an activating group) is 1. The van der Waals surface area contributed by atoms with Crippen LogP contribution in [0.25, 0.3) is 0 Å². The summed E-state index contributed by atoms with van der Waals surface area (Å²) in [5, 5.41) is 6.36. The predicted molar refractivity (Wildman–Crippen MR) is 81.9 cm³/mol. The molecule has 0 fully saturated rings. The molecule has 0 saturated carbocycles. The van der Waals surface area contributed by atoms with Crippen LogP contribution >= 0.6 is 0 Å². The van der Waals surface area contributed by atoms with E-state index in [1.807, 2.05) is 13.8 Å². The Morgan fingerprint density at radius 1 is 1.39 bits per heavy atom. The van der Waals surface area contributed by atoms with E-state index < -0.39 is 17.8 Å². The van der Waals surface area contributed by atoms with Crippen LogP contribution in [0.3, 0.4) is 0 Å². The lowest BCUT2D eigenvalue weighted by Gasteiger charge is -2.19. The van der Waals surface area contributed by atoms with Crippen molar-refractivity contribution in [3.63, 3.8) is 0 Å². The quantitative estimate of drug-likeness (QED) is 0.794. The molecular weight excluding hydrogens is 309 g/mol. The van der Waals surface area contributed by atoms with E-state index in [4.69, 9.17) is 0 Å². The molecule has 0 spiro atoms. The number of hydrogen-bond acceptors (Lipinski definition) is 3. The smallest absolute Gasteiger partial charge is 0.355 e. The maximum absolute atomic E-state index is 12.6. The molecule has 1 heterocycles. The van der Waals surface area contributed by atoms with Crippen LogP contribution in [0.2, 0.25) is 0 Å². The van der Waals surface area contributed by atoms with E-state index >= 15 is 0 Å². The summed E-state index contributed by atoms with van der Waals surface area (Å²) in [6.07, 6.45) is -4.47. The zero-order chi connectivity index (χ0) is 17.6. The fraction of sp³-hybridized carbons (Fsp3) is 0.733. The lowest BCUT2D eigenvalue weighted by Crippen LogP contribution is -2.38. The summed E-state index contributed by atoms with van der Waals surface area (Å²) in [6, 6.07) is 0.991. The van der Waals surface area contributed by atoms with Crippen molar-refractivity contribution in [3.05, 3.63) is 17.5 Å². The molecule has 0 bridgehead atoms. The van der Waals surface area contributed by atoms with E-state index in [1.54, 1.807) is 13.8 Å². The van der Waals surface area contributed by atoms with Crippen LogP contribution in [0, 0.1) is 12.8 Å². The number of hydrogen-bond donors (Lipinski definition) is 1. The molecule has 0 radical (unpaired) electrons. The first-order valence-corrected chi connectivity index (χ1v) is 7.80. The van der Waals surface area contributed by atoms with Crippen LogP contribution in [-0.4, -0.2) is 46.8 Å². The van der Waals surface area contributed by atoms with Crippen molar-refractivity contribution in [2.45, 2.75) is 40.4 Å². The van der Waals surface area contributed by atoms with Crippen molar-refractivity contribution >= 4 is 5.91 Å². The number of nitrogens with one attached hydrogen (secondary N) is 1. The van der Waals surface area contributed by atoms with Gasteiger partial charge in [0.05, 0.1) is 12.5 Å². The number of amides is 1. The average molecular weight is 334 g/mol. The van der Waals surface area contributed by atoms with Gasteiger partial charge in [0.2, 0.25) is 5.91 Å². The molecule has 1 aromatic heterocycles. The molecule has 1 unspecified atom stereocenters. The van der Waals surface area contributed by atoms with Crippen molar-refractivity contribution in [2.24, 2.45) is 5.92 Å². The lowest BCUT2D eigenvalue weighted by molar-refractivity contribution is -0.141. The second kappa shape index (κ2) is 8.33. The second-order valence-electron chi connectivity index (χ2n) is 5.57. The van der Waals surface area contributed by atoms with Crippen molar-refractivity contribution in [3.8, 4) is 0 Å². The highest BCUT2D eigenvalue weighted by Crippen LogP contribution is 2.28. The molecule has 0 aromatic carbocycles. The molecule has 1 atom stereocenters. The fourth-order valence-corrected chi connectivity index (χ4v) is 2.23. The van der Waals surface area contributed by atoms with Gasteiger partial charge in [-0.15, -0.1) is 0 Å². The molecular formula is C15H25F3N4O. The largest absolute Gasteiger partial charge is 0.435 e. The van der Waals surface area contributed by atoms with E-state index in [9.17, 15) is 18.0 Å². The molecule has 1 amide bonds. The van der Waals surface area contributed by atoms with Gasteiger partial charge in [-0.2, -0.15) is 18.3 Å². The Labute approximate surface area is 134 Å². The van der Waals surface area contributed by atoms with Gasteiger partial charge in [-0.1, -0.05) is 20.8 Å². The van der Waals surface area contributed by atoms with E-state index in [1.165, 1.54) is 4.68 Å². The number of halogens is 3. The summed E-state index contributed by atoms with van der Waals surface area (Å²) < 4.78 is 39.1. The van der Waals surface area contributed by atoms with E-state index in [2.05, 4.69) is 15.3 Å². The highest BCUT2D eigenvalue weighted by atomic mass is 19.4. The van der Waals surface area contributed by atoms with Crippen LogP contribution in [0.5, 0.6) is 0 Å². The Balaban J connectivity index is 2.54. The molecule has 5 nitrogen and oxygen atoms in total. The molecule has 0 aliphatic carbocycles. The van der Waals surface area contributed by atoms with Gasteiger partial charge in [0, 0.05) is 18.8 Å². The Bertz CT molecular complexity index is 509. The first-order chi connectivity index (χ1) is 10.7. The van der Waals surface area contributed by atoms with Gasteiger partial charge in [-0.25, -0.2) is 0 Å². The number of alkyl halides is 3. The van der Waals surface area contributed by atoms with Gasteiger partial charge in [-0.3, -0.25) is 9.48 Å². The molecule has 0 aliphatic heterocycles. The molecule has 1 N–H and O–H groups in total. The molecule has 0 aliphatic rings. The Kier molecular flexibility index (Phi) is 7.05. The van der Waals surface area contributed by atoms with Crippen LogP contribution in [0.1, 0.15) is 32.2 Å². The zero-order valence-electron chi connectivity index (χ0n) is 14.1. The fourth-order valence-electron chi connectivity index (χ4n) is 2.23. The summed E-state index contributed by atoms with van der Waals surface area (Å²) in [5.74, 6) is -0.632. The highest BCUT2D eigenvalue weighted by Gasteiger charge is 2.34. The Morgan fingerprint density at radius 3 is 2.48 bits per heavy atom. The lowest BCUT2D eigenvalue weighted by atomic mass is 10.1. The number of aryl methyl sites for hydroxylation is 1. The number of rotatable bonds is 8. The third-order valence-electron chi connectivity index (χ3n) is 3.79. The molecule has 132 valence electrons. The Morgan fingerprint density at radius 2 is 2.00 bits per heavy atom. The first kappa shape index (κ1) is 19.5. The average Bonchev–Trinajstić information content (AvgIpc) is 2.84. The van der Waals surface area contributed by atoms with E-state index in [0.29, 0.717) is 12.2 Å². The SMILES string of the molecule is CCN(CC)CCNC(=O)C(C)Cn1nc(C(F)(F)F)cc1C. The maximum Gasteiger partial charge on any atom is 0.435 e. The molecule has 1 rings (SSSR count). The highest BCUT2D eigenvalue weighted by molar-refractivity contribution is 5.78. The van der Waals surface area contributed by atoms with Gasteiger partial charge in [0.25, 0.3) is 0 Å². The second-order valence-corrected chi connectivity index (χ2v) is 5.57. The Hall–Kier alpha value is -1.57. The monoisotopic (exact) mass is 334 g/mol. The van der Waals surface area contributed by atoms with Gasteiger partial charge in [0.15, 0.2) is 5.69 Å². The standard InChI is InChI=1S/C15H25F3N4O/c1-5-21(6-2)8-7-19-14(23)11(3)10-22-12(4)9-13(20-22)15(16,17)18/h9,11H,5-8,10H2,1-4H3,(H,19,23). The number of carbonyl (C=O) groups excluding carboxylic acids is 1. The zero-order valence-corrected chi connectivity index (χ0v) is 14.1. The molecule has 0 saturated heterocycles. The third kappa shape index (κ3) is 5.85. The van der Waals surface area contributed by atoms with E-state index in [-0.39, 0.29) is 12.5 Å². The first-order valence-electron chi connectivity index (χ1n) is 7.80. The summed E-state index contributed by atoms with van der Waals surface area (Å²) in [4.78, 5) is 14.2. The summed E-state index contributed by atoms with van der Waals surface area (Å²) in [5.41, 5.74) is -0.538. The number of aromatic nitrogens is 2. The third-order valence-corrected chi connectivity index (χ3v) is 3.79. The summed E-state index contributed by atoms with van der Waals surface area (Å²) in [7, 11) is 0. The van der Waals surface area contributed by atoms with Crippen LogP contribution in [0.15, 0.2) is 6.07 Å². The minimum atomic E-state index is -4.47. The number of nitrogens with zero attached hydrogens (tertiary/aromatic N) is 3.